The molecule has 0 aliphatic carbocycles. The number of benzene rings is 1. The van der Waals surface area contributed by atoms with Gasteiger partial charge in [-0.1, -0.05) is 5.16 Å². The number of aromatic nitrogens is 1. The number of halogens is 1. The highest BCUT2D eigenvalue weighted by Crippen LogP contribution is 2.24. The van der Waals surface area contributed by atoms with Gasteiger partial charge in [0.1, 0.15) is 5.82 Å². The van der Waals surface area contributed by atoms with Gasteiger partial charge in [0.2, 0.25) is 5.91 Å². The number of carbonyl (C=O) groups excluding carboxylic acids is 1. The van der Waals surface area contributed by atoms with Crippen LogP contribution in [0.2, 0.25) is 0 Å². The van der Waals surface area contributed by atoms with E-state index in [4.69, 9.17) is 4.52 Å². The molecule has 0 unspecified atom stereocenters. The molecule has 0 atom stereocenters. The molecule has 112 valence electrons. The van der Waals surface area contributed by atoms with Crippen LogP contribution < -0.4 is 5.32 Å². The third-order valence-electron chi connectivity index (χ3n) is 2.89. The van der Waals surface area contributed by atoms with Crippen molar-refractivity contribution in [2.45, 2.75) is 39.2 Å². The highest BCUT2D eigenvalue weighted by molar-refractivity contribution is 5.77. The number of nitrogens with one attached hydrogen (secondary N) is 1. The average molecular weight is 290 g/mol. The Bertz CT molecular complexity index is 612. The molecule has 5 heteroatoms. The Morgan fingerprint density at radius 1 is 1.29 bits per heavy atom. The van der Waals surface area contributed by atoms with Crippen LogP contribution in [-0.4, -0.2) is 16.6 Å². The molecule has 2 rings (SSSR count). The van der Waals surface area contributed by atoms with Crippen LogP contribution in [0, 0.1) is 5.82 Å². The number of rotatable bonds is 4. The SMILES string of the molecule is CC(C)(C)NC(=O)CCc1cnoc1-c1ccc(F)cc1. The molecule has 21 heavy (non-hydrogen) atoms. The summed E-state index contributed by atoms with van der Waals surface area (Å²) in [6.45, 7) is 5.82. The third kappa shape index (κ3) is 4.41. The number of aryl methyl sites for hydroxylation is 1. The second-order valence-corrected chi connectivity index (χ2v) is 5.99. The fourth-order valence-corrected chi connectivity index (χ4v) is 2.01. The maximum absolute atomic E-state index is 12.9. The Hall–Kier alpha value is -2.17. The molecule has 1 heterocycles. The summed E-state index contributed by atoms with van der Waals surface area (Å²) in [7, 11) is 0. The van der Waals surface area contributed by atoms with Gasteiger partial charge in [-0.15, -0.1) is 0 Å². The minimum Gasteiger partial charge on any atom is -0.356 e. The van der Waals surface area contributed by atoms with Crippen molar-refractivity contribution in [2.75, 3.05) is 0 Å². The van der Waals surface area contributed by atoms with E-state index in [9.17, 15) is 9.18 Å². The van der Waals surface area contributed by atoms with Gasteiger partial charge in [0.05, 0.1) is 6.20 Å². The summed E-state index contributed by atoms with van der Waals surface area (Å²) in [5.74, 6) is 0.261. The zero-order valence-corrected chi connectivity index (χ0v) is 12.4. The third-order valence-corrected chi connectivity index (χ3v) is 2.89. The highest BCUT2D eigenvalue weighted by Gasteiger charge is 2.16. The number of carbonyl (C=O) groups is 1. The molecule has 0 saturated carbocycles. The van der Waals surface area contributed by atoms with Crippen LogP contribution in [0.25, 0.3) is 11.3 Å². The fourth-order valence-electron chi connectivity index (χ4n) is 2.01. The Balaban J connectivity index is 2.04. The lowest BCUT2D eigenvalue weighted by atomic mass is 10.0. The van der Waals surface area contributed by atoms with Crippen molar-refractivity contribution in [3.05, 3.63) is 41.8 Å². The van der Waals surface area contributed by atoms with Gasteiger partial charge in [0, 0.05) is 23.1 Å². The van der Waals surface area contributed by atoms with Gasteiger partial charge in [0.15, 0.2) is 5.76 Å². The van der Waals surface area contributed by atoms with E-state index in [2.05, 4.69) is 10.5 Å². The van der Waals surface area contributed by atoms with Gasteiger partial charge < -0.3 is 9.84 Å². The molecule has 0 fully saturated rings. The fraction of sp³-hybridized carbons (Fsp3) is 0.375. The average Bonchev–Trinajstić information content (AvgIpc) is 2.83. The Morgan fingerprint density at radius 2 is 1.95 bits per heavy atom. The molecule has 0 spiro atoms. The first-order chi connectivity index (χ1) is 9.85. The van der Waals surface area contributed by atoms with Crippen molar-refractivity contribution in [3.8, 4) is 11.3 Å². The van der Waals surface area contributed by atoms with E-state index in [-0.39, 0.29) is 17.3 Å². The summed E-state index contributed by atoms with van der Waals surface area (Å²) in [6, 6.07) is 6.00. The van der Waals surface area contributed by atoms with E-state index in [0.717, 1.165) is 11.1 Å². The van der Waals surface area contributed by atoms with Crippen LogP contribution in [0.15, 0.2) is 35.0 Å². The normalized spacial score (nSPS) is 11.4. The molecule has 1 aromatic carbocycles. The van der Waals surface area contributed by atoms with E-state index < -0.39 is 0 Å². The Morgan fingerprint density at radius 3 is 2.57 bits per heavy atom. The van der Waals surface area contributed by atoms with E-state index in [0.29, 0.717) is 18.6 Å². The number of hydrogen-bond donors (Lipinski definition) is 1. The number of nitrogens with zero attached hydrogens (tertiary/aromatic N) is 1. The van der Waals surface area contributed by atoms with Crippen molar-refractivity contribution >= 4 is 5.91 Å². The predicted octanol–water partition coefficient (Wildman–Crippen LogP) is 3.33. The van der Waals surface area contributed by atoms with E-state index >= 15 is 0 Å². The van der Waals surface area contributed by atoms with Crippen molar-refractivity contribution in [1.82, 2.24) is 10.5 Å². The zero-order valence-electron chi connectivity index (χ0n) is 12.4. The second-order valence-electron chi connectivity index (χ2n) is 5.99. The molecule has 2 aromatic rings. The molecule has 0 bridgehead atoms. The molecule has 0 aliphatic heterocycles. The van der Waals surface area contributed by atoms with Gasteiger partial charge in [-0.05, 0) is 51.5 Å². The van der Waals surface area contributed by atoms with Crippen LogP contribution in [0.4, 0.5) is 4.39 Å². The van der Waals surface area contributed by atoms with Crippen molar-refractivity contribution in [3.63, 3.8) is 0 Å². The zero-order chi connectivity index (χ0) is 15.5. The molecule has 1 amide bonds. The van der Waals surface area contributed by atoms with Gasteiger partial charge in [-0.3, -0.25) is 4.79 Å². The van der Waals surface area contributed by atoms with Crippen LogP contribution >= 0.6 is 0 Å². The summed E-state index contributed by atoms with van der Waals surface area (Å²) in [4.78, 5) is 11.8. The summed E-state index contributed by atoms with van der Waals surface area (Å²) in [5, 5.41) is 6.68. The standard InChI is InChI=1S/C16H19FN2O2/c1-16(2,3)19-14(20)9-6-12-10-18-21-15(12)11-4-7-13(17)8-5-11/h4-5,7-8,10H,6,9H2,1-3H3,(H,19,20). The smallest absolute Gasteiger partial charge is 0.220 e. The summed E-state index contributed by atoms with van der Waals surface area (Å²) >= 11 is 0. The van der Waals surface area contributed by atoms with Crippen molar-refractivity contribution < 1.29 is 13.7 Å². The van der Waals surface area contributed by atoms with Crippen LogP contribution in [-0.2, 0) is 11.2 Å². The van der Waals surface area contributed by atoms with Gasteiger partial charge in [0.25, 0.3) is 0 Å². The summed E-state index contributed by atoms with van der Waals surface area (Å²) < 4.78 is 18.2. The van der Waals surface area contributed by atoms with Crippen LogP contribution in [0.1, 0.15) is 32.8 Å². The van der Waals surface area contributed by atoms with Crippen LogP contribution in [0.5, 0.6) is 0 Å². The molecular weight excluding hydrogens is 271 g/mol. The van der Waals surface area contributed by atoms with E-state index in [1.165, 1.54) is 12.1 Å². The number of hydrogen-bond acceptors (Lipinski definition) is 3. The topological polar surface area (TPSA) is 55.1 Å². The molecular formula is C16H19FN2O2. The lowest BCUT2D eigenvalue weighted by Crippen LogP contribution is -2.40. The van der Waals surface area contributed by atoms with E-state index in [1.54, 1.807) is 18.3 Å². The van der Waals surface area contributed by atoms with Gasteiger partial charge in [-0.2, -0.15) is 0 Å². The first-order valence-corrected chi connectivity index (χ1v) is 6.86. The lowest BCUT2D eigenvalue weighted by Gasteiger charge is -2.20. The Kier molecular flexibility index (Phi) is 4.40. The first kappa shape index (κ1) is 15.2. The predicted molar refractivity (Wildman–Crippen MR) is 78.1 cm³/mol. The molecule has 0 saturated heterocycles. The first-order valence-electron chi connectivity index (χ1n) is 6.86. The van der Waals surface area contributed by atoms with Crippen LogP contribution in [0.3, 0.4) is 0 Å². The Labute approximate surface area is 123 Å². The monoisotopic (exact) mass is 290 g/mol. The van der Waals surface area contributed by atoms with Crippen molar-refractivity contribution in [2.24, 2.45) is 0 Å². The minimum atomic E-state index is -0.302. The molecule has 1 N–H and O–H groups in total. The molecule has 4 nitrogen and oxygen atoms in total. The summed E-state index contributed by atoms with van der Waals surface area (Å²) in [6.07, 6.45) is 2.48. The maximum atomic E-state index is 12.9. The summed E-state index contributed by atoms with van der Waals surface area (Å²) in [5.41, 5.74) is 1.34. The molecule has 1 aromatic heterocycles. The quantitative estimate of drug-likeness (QED) is 0.939. The second kappa shape index (κ2) is 6.08. The highest BCUT2D eigenvalue weighted by atomic mass is 19.1. The maximum Gasteiger partial charge on any atom is 0.220 e. The molecule has 0 radical (unpaired) electrons. The van der Waals surface area contributed by atoms with Gasteiger partial charge >= 0.3 is 0 Å². The number of amides is 1. The largest absolute Gasteiger partial charge is 0.356 e. The van der Waals surface area contributed by atoms with Crippen molar-refractivity contribution in [1.29, 1.82) is 0 Å². The van der Waals surface area contributed by atoms with E-state index in [1.807, 2.05) is 20.8 Å². The lowest BCUT2D eigenvalue weighted by molar-refractivity contribution is -0.122. The minimum absolute atomic E-state index is 0.0197. The molecule has 0 aliphatic rings. The van der Waals surface area contributed by atoms with Gasteiger partial charge in [-0.25, -0.2) is 4.39 Å².